The summed E-state index contributed by atoms with van der Waals surface area (Å²) in [5.41, 5.74) is 1.92. The van der Waals surface area contributed by atoms with Gasteiger partial charge in [0.2, 0.25) is 0 Å². The van der Waals surface area contributed by atoms with Gasteiger partial charge in [0, 0.05) is 0 Å². The Balaban J connectivity index is 1.89. The average molecular weight is 344 g/mol. The molecule has 0 spiro atoms. The Morgan fingerprint density at radius 1 is 1.12 bits per heavy atom. The van der Waals surface area contributed by atoms with Gasteiger partial charge in [-0.1, -0.05) is 24.3 Å². The average Bonchev–Trinajstić information content (AvgIpc) is 2.61. The second-order valence-corrected chi connectivity index (χ2v) is 5.25. The molecule has 0 unspecified atom stereocenters. The predicted molar refractivity (Wildman–Crippen MR) is 92.8 cm³/mol. The van der Waals surface area contributed by atoms with E-state index in [0.717, 1.165) is 5.56 Å². The first-order valence-corrected chi connectivity index (χ1v) is 7.60. The molecule has 0 fully saturated rings. The van der Waals surface area contributed by atoms with Gasteiger partial charge in [-0.05, 0) is 36.2 Å². The van der Waals surface area contributed by atoms with Gasteiger partial charge in [-0.15, -0.1) is 0 Å². The van der Waals surface area contributed by atoms with Crippen LogP contribution in [0.25, 0.3) is 0 Å². The van der Waals surface area contributed by atoms with E-state index in [2.05, 4.69) is 10.6 Å². The largest absolute Gasteiger partial charge is 0.495 e. The summed E-state index contributed by atoms with van der Waals surface area (Å²) in [5, 5.41) is 13.8. The number of carbonyl (C=O) groups excluding carboxylic acids is 2. The molecule has 7 nitrogen and oxygen atoms in total. The fourth-order valence-electron chi connectivity index (χ4n) is 2.12. The van der Waals surface area contributed by atoms with E-state index >= 15 is 0 Å². The molecule has 132 valence electrons. The number of benzene rings is 2. The van der Waals surface area contributed by atoms with Crippen molar-refractivity contribution in [1.82, 2.24) is 5.32 Å². The molecule has 0 saturated carbocycles. The van der Waals surface area contributed by atoms with Gasteiger partial charge in [0.05, 0.1) is 19.4 Å². The number of aliphatic hydroxyl groups excluding tert-OH is 1. The number of rotatable bonds is 6. The van der Waals surface area contributed by atoms with E-state index in [4.69, 9.17) is 14.6 Å². The number of carbonyl (C=O) groups is 2. The maximum absolute atomic E-state index is 11.9. The number of ether oxygens (including phenoxy) is 2. The van der Waals surface area contributed by atoms with Crippen LogP contribution >= 0.6 is 0 Å². The third kappa shape index (κ3) is 5.22. The van der Waals surface area contributed by atoms with Crippen LogP contribution in [0.5, 0.6) is 11.5 Å². The maximum atomic E-state index is 11.9. The normalized spacial score (nSPS) is 10.0. The summed E-state index contributed by atoms with van der Waals surface area (Å²) in [5.74, 6) is 0.385. The van der Waals surface area contributed by atoms with Crippen molar-refractivity contribution in [1.29, 1.82) is 0 Å². The van der Waals surface area contributed by atoms with Crippen LogP contribution in [0.3, 0.4) is 0 Å². The number of para-hydroxylation sites is 1. The number of aliphatic hydroxyl groups is 1. The van der Waals surface area contributed by atoms with Gasteiger partial charge in [-0.25, -0.2) is 4.79 Å². The number of hydrogen-bond acceptors (Lipinski definition) is 5. The van der Waals surface area contributed by atoms with E-state index < -0.39 is 11.9 Å². The molecule has 3 amide bonds. The molecule has 0 saturated heterocycles. The summed E-state index contributed by atoms with van der Waals surface area (Å²) in [6.07, 6.45) is 0. The van der Waals surface area contributed by atoms with Crippen LogP contribution in [0, 0.1) is 6.92 Å². The Labute approximate surface area is 145 Å². The summed E-state index contributed by atoms with van der Waals surface area (Å²) >= 11 is 0. The van der Waals surface area contributed by atoms with Crippen molar-refractivity contribution in [3.05, 3.63) is 53.6 Å². The minimum Gasteiger partial charge on any atom is -0.495 e. The predicted octanol–water partition coefficient (Wildman–Crippen LogP) is 2.22. The number of urea groups is 1. The quantitative estimate of drug-likeness (QED) is 0.747. The molecule has 0 atom stereocenters. The summed E-state index contributed by atoms with van der Waals surface area (Å²) in [7, 11) is 1.45. The lowest BCUT2D eigenvalue weighted by Gasteiger charge is -2.12. The third-order valence-corrected chi connectivity index (χ3v) is 3.40. The molecular formula is C18H20N2O5. The zero-order valence-electron chi connectivity index (χ0n) is 14.0. The highest BCUT2D eigenvalue weighted by Gasteiger charge is 2.12. The van der Waals surface area contributed by atoms with Crippen LogP contribution in [0.1, 0.15) is 11.1 Å². The second-order valence-electron chi connectivity index (χ2n) is 5.25. The van der Waals surface area contributed by atoms with Crippen LogP contribution in [-0.4, -0.2) is 30.8 Å². The van der Waals surface area contributed by atoms with Crippen molar-refractivity contribution in [3.63, 3.8) is 0 Å². The molecule has 0 bridgehead atoms. The lowest BCUT2D eigenvalue weighted by atomic mass is 10.2. The van der Waals surface area contributed by atoms with Crippen LogP contribution < -0.4 is 20.1 Å². The smallest absolute Gasteiger partial charge is 0.326 e. The van der Waals surface area contributed by atoms with Gasteiger partial charge in [0.25, 0.3) is 5.91 Å². The van der Waals surface area contributed by atoms with E-state index in [1.165, 1.54) is 7.11 Å². The molecule has 0 aliphatic carbocycles. The number of aryl methyl sites for hydroxylation is 1. The lowest BCUT2D eigenvalue weighted by molar-refractivity contribution is -0.121. The molecule has 0 heterocycles. The van der Waals surface area contributed by atoms with Gasteiger partial charge in [0.15, 0.2) is 6.61 Å². The van der Waals surface area contributed by atoms with Gasteiger partial charge < -0.3 is 19.9 Å². The third-order valence-electron chi connectivity index (χ3n) is 3.40. The van der Waals surface area contributed by atoms with Crippen molar-refractivity contribution in [2.75, 3.05) is 19.0 Å². The number of hydrogen-bond donors (Lipinski definition) is 3. The lowest BCUT2D eigenvalue weighted by Crippen LogP contribution is -2.37. The minimum absolute atomic E-state index is 0.141. The summed E-state index contributed by atoms with van der Waals surface area (Å²) < 4.78 is 10.5. The van der Waals surface area contributed by atoms with E-state index in [1.54, 1.807) is 30.3 Å². The molecule has 0 radical (unpaired) electrons. The van der Waals surface area contributed by atoms with E-state index in [1.807, 2.05) is 19.1 Å². The van der Waals surface area contributed by atoms with E-state index in [9.17, 15) is 9.59 Å². The highest BCUT2D eigenvalue weighted by Crippen LogP contribution is 2.25. The number of nitrogens with one attached hydrogen (secondary N) is 2. The topological polar surface area (TPSA) is 96.9 Å². The molecule has 2 rings (SSSR count). The van der Waals surface area contributed by atoms with Gasteiger partial charge in [0.1, 0.15) is 11.5 Å². The Morgan fingerprint density at radius 2 is 1.88 bits per heavy atom. The highest BCUT2D eigenvalue weighted by atomic mass is 16.5. The van der Waals surface area contributed by atoms with Crippen LogP contribution in [0.4, 0.5) is 10.5 Å². The van der Waals surface area contributed by atoms with Gasteiger partial charge in [-0.2, -0.15) is 0 Å². The molecule has 25 heavy (non-hydrogen) atoms. The molecule has 2 aromatic carbocycles. The zero-order valence-corrected chi connectivity index (χ0v) is 14.0. The minimum atomic E-state index is -0.701. The Bertz CT molecular complexity index is 761. The first-order chi connectivity index (χ1) is 12.0. The number of anilines is 1. The van der Waals surface area contributed by atoms with Crippen molar-refractivity contribution in [2.45, 2.75) is 13.5 Å². The van der Waals surface area contributed by atoms with E-state index in [0.29, 0.717) is 22.7 Å². The number of methoxy groups -OCH3 is 1. The molecule has 7 heteroatoms. The monoisotopic (exact) mass is 344 g/mol. The standard InChI is InChI=1S/C18H20N2O5/c1-12-5-3-4-6-15(12)25-11-17(22)20-18(23)19-14-8-7-13(10-21)9-16(14)24-2/h3-9,21H,10-11H2,1-2H3,(H2,19,20,22,23). The fourth-order valence-corrected chi connectivity index (χ4v) is 2.12. The van der Waals surface area contributed by atoms with Crippen LogP contribution in [0.15, 0.2) is 42.5 Å². The fraction of sp³-hybridized carbons (Fsp3) is 0.222. The highest BCUT2D eigenvalue weighted by molar-refractivity contribution is 6.02. The molecule has 0 aromatic heterocycles. The van der Waals surface area contributed by atoms with Crippen LogP contribution in [0.2, 0.25) is 0 Å². The maximum Gasteiger partial charge on any atom is 0.326 e. The first-order valence-electron chi connectivity index (χ1n) is 7.60. The second kappa shape index (κ2) is 8.70. The molecule has 2 aromatic rings. The molecular weight excluding hydrogens is 324 g/mol. The Morgan fingerprint density at radius 3 is 2.56 bits per heavy atom. The van der Waals surface area contributed by atoms with Crippen molar-refractivity contribution in [2.24, 2.45) is 0 Å². The SMILES string of the molecule is COc1cc(CO)ccc1NC(=O)NC(=O)COc1ccccc1C. The van der Waals surface area contributed by atoms with Gasteiger partial charge in [-0.3, -0.25) is 10.1 Å². The first kappa shape index (κ1) is 18.3. The van der Waals surface area contributed by atoms with Gasteiger partial charge >= 0.3 is 6.03 Å². The molecule has 0 aliphatic rings. The Hall–Kier alpha value is -3.06. The van der Waals surface area contributed by atoms with Crippen molar-refractivity contribution in [3.8, 4) is 11.5 Å². The number of amides is 3. The summed E-state index contributed by atoms with van der Waals surface area (Å²) in [6.45, 7) is 1.44. The van der Waals surface area contributed by atoms with Crippen LogP contribution in [-0.2, 0) is 11.4 Å². The summed E-state index contributed by atoms with van der Waals surface area (Å²) in [4.78, 5) is 23.7. The van der Waals surface area contributed by atoms with E-state index in [-0.39, 0.29) is 13.2 Å². The van der Waals surface area contributed by atoms with Crippen molar-refractivity contribution < 1.29 is 24.2 Å². The zero-order chi connectivity index (χ0) is 18.2. The number of imide groups is 1. The molecule has 0 aliphatic heterocycles. The summed E-state index contributed by atoms with van der Waals surface area (Å²) in [6, 6.07) is 11.4. The molecule has 3 N–H and O–H groups in total. The Kier molecular flexibility index (Phi) is 6.36. The van der Waals surface area contributed by atoms with Crippen molar-refractivity contribution >= 4 is 17.6 Å².